The van der Waals surface area contributed by atoms with Crippen LogP contribution >= 0.6 is 11.6 Å². The van der Waals surface area contributed by atoms with Crippen molar-refractivity contribution in [3.8, 4) is 0 Å². The Morgan fingerprint density at radius 1 is 1.20 bits per heavy atom. The van der Waals surface area contributed by atoms with Crippen LogP contribution in [0.1, 0.15) is 17.3 Å². The van der Waals surface area contributed by atoms with Gasteiger partial charge in [0.2, 0.25) is 0 Å². The minimum atomic E-state index is -3.79. The number of Topliss-reactive ketones (excluding diaryl/α,β-unsaturated/α-hetero) is 1. The molecule has 1 aromatic heterocycles. The van der Waals surface area contributed by atoms with Crippen molar-refractivity contribution in [2.24, 2.45) is 0 Å². The van der Waals surface area contributed by atoms with Gasteiger partial charge in [0, 0.05) is 5.56 Å². The van der Waals surface area contributed by atoms with Crippen LogP contribution in [0, 0.1) is 0 Å². The Balaban J connectivity index is 2.28. The van der Waals surface area contributed by atoms with E-state index in [-0.39, 0.29) is 21.6 Å². The Kier molecular flexibility index (Phi) is 4.01. The second-order valence-electron chi connectivity index (χ2n) is 3.91. The zero-order chi connectivity index (χ0) is 14.8. The largest absolute Gasteiger partial charge is 0.295 e. The first-order valence-electron chi connectivity index (χ1n) is 5.50. The van der Waals surface area contributed by atoms with E-state index in [4.69, 9.17) is 11.6 Å². The summed E-state index contributed by atoms with van der Waals surface area (Å²) in [6, 6.07) is 5.58. The number of halogens is 1. The Labute approximate surface area is 120 Å². The lowest BCUT2D eigenvalue weighted by Gasteiger charge is -2.07. The molecule has 0 fully saturated rings. The van der Waals surface area contributed by atoms with Gasteiger partial charge in [-0.05, 0) is 19.1 Å². The molecule has 0 aliphatic rings. The minimum Gasteiger partial charge on any atom is -0.295 e. The molecule has 0 aliphatic carbocycles. The van der Waals surface area contributed by atoms with Gasteiger partial charge in [-0.1, -0.05) is 23.7 Å². The molecule has 1 N–H and O–H groups in total. The van der Waals surface area contributed by atoms with E-state index in [2.05, 4.69) is 14.7 Å². The van der Waals surface area contributed by atoms with Crippen molar-refractivity contribution >= 4 is 33.2 Å². The summed E-state index contributed by atoms with van der Waals surface area (Å²) in [5, 5.41) is 0.0807. The summed E-state index contributed by atoms with van der Waals surface area (Å²) < 4.78 is 26.4. The molecule has 0 bridgehead atoms. The number of anilines is 1. The van der Waals surface area contributed by atoms with Gasteiger partial charge in [-0.2, -0.15) is 0 Å². The van der Waals surface area contributed by atoms with Gasteiger partial charge in [-0.3, -0.25) is 14.5 Å². The van der Waals surface area contributed by atoms with Crippen LogP contribution in [0.4, 0.5) is 5.82 Å². The average Bonchev–Trinajstić information content (AvgIpc) is 2.38. The van der Waals surface area contributed by atoms with E-state index in [0.717, 1.165) is 0 Å². The van der Waals surface area contributed by atoms with Crippen molar-refractivity contribution in [3.05, 3.63) is 47.4 Å². The van der Waals surface area contributed by atoms with Crippen LogP contribution in [0.3, 0.4) is 0 Å². The van der Waals surface area contributed by atoms with Gasteiger partial charge in [0.15, 0.2) is 11.6 Å². The van der Waals surface area contributed by atoms with Gasteiger partial charge in [-0.15, -0.1) is 0 Å². The van der Waals surface area contributed by atoms with Crippen LogP contribution in [0.5, 0.6) is 0 Å². The number of hydrogen-bond donors (Lipinski definition) is 1. The van der Waals surface area contributed by atoms with Crippen molar-refractivity contribution in [2.75, 3.05) is 4.72 Å². The fourth-order valence-electron chi connectivity index (χ4n) is 1.46. The Morgan fingerprint density at radius 3 is 2.40 bits per heavy atom. The first-order valence-corrected chi connectivity index (χ1v) is 7.36. The van der Waals surface area contributed by atoms with E-state index in [1.807, 2.05) is 0 Å². The second kappa shape index (κ2) is 5.56. The Morgan fingerprint density at radius 2 is 1.85 bits per heavy atom. The summed E-state index contributed by atoms with van der Waals surface area (Å²) in [6.07, 6.45) is 2.54. The SMILES string of the molecule is CC(=O)c1ccc(S(=O)(=O)Nc2cncc(Cl)n2)cc1. The number of nitrogens with zero attached hydrogens (tertiary/aromatic N) is 2. The number of ketones is 1. The molecule has 8 heteroatoms. The molecule has 0 aliphatic heterocycles. The van der Waals surface area contributed by atoms with E-state index in [0.29, 0.717) is 5.56 Å². The average molecular weight is 312 g/mol. The monoisotopic (exact) mass is 311 g/mol. The number of rotatable bonds is 4. The lowest BCUT2D eigenvalue weighted by atomic mass is 10.2. The maximum Gasteiger partial charge on any atom is 0.263 e. The molecule has 0 amide bonds. The number of sulfonamides is 1. The summed E-state index contributed by atoms with van der Waals surface area (Å²) in [7, 11) is -3.79. The van der Waals surface area contributed by atoms with Crippen LogP contribution in [-0.2, 0) is 10.0 Å². The predicted octanol–water partition coefficient (Wildman–Crippen LogP) is 2.13. The third-order valence-corrected chi connectivity index (χ3v) is 3.97. The Hall–Kier alpha value is -1.99. The van der Waals surface area contributed by atoms with Crippen LogP contribution in [0.15, 0.2) is 41.6 Å². The summed E-state index contributed by atoms with van der Waals surface area (Å²) >= 11 is 5.63. The van der Waals surface area contributed by atoms with Gasteiger partial charge >= 0.3 is 0 Å². The van der Waals surface area contributed by atoms with Crippen molar-refractivity contribution in [1.29, 1.82) is 0 Å². The maximum atomic E-state index is 12.1. The van der Waals surface area contributed by atoms with Gasteiger partial charge in [0.25, 0.3) is 10.0 Å². The molecule has 2 rings (SSSR count). The molecule has 0 saturated carbocycles. The molecule has 1 aromatic carbocycles. The lowest BCUT2D eigenvalue weighted by Crippen LogP contribution is -2.14. The molecule has 0 saturated heterocycles. The van der Waals surface area contributed by atoms with E-state index in [1.165, 1.54) is 43.6 Å². The first kappa shape index (κ1) is 14.4. The van der Waals surface area contributed by atoms with Crippen LogP contribution in [0.2, 0.25) is 5.15 Å². The third kappa shape index (κ3) is 3.31. The molecule has 104 valence electrons. The van der Waals surface area contributed by atoms with Crippen molar-refractivity contribution in [1.82, 2.24) is 9.97 Å². The lowest BCUT2D eigenvalue weighted by molar-refractivity contribution is 0.101. The van der Waals surface area contributed by atoms with Crippen molar-refractivity contribution in [3.63, 3.8) is 0 Å². The van der Waals surface area contributed by atoms with E-state index in [9.17, 15) is 13.2 Å². The summed E-state index contributed by atoms with van der Waals surface area (Å²) in [4.78, 5) is 18.7. The van der Waals surface area contributed by atoms with Crippen LogP contribution in [-0.4, -0.2) is 24.2 Å². The minimum absolute atomic E-state index is 0.0178. The first-order chi connectivity index (χ1) is 9.38. The molecule has 0 atom stereocenters. The normalized spacial score (nSPS) is 11.1. The van der Waals surface area contributed by atoms with Crippen molar-refractivity contribution in [2.45, 2.75) is 11.8 Å². The standard InChI is InChI=1S/C12H10ClN3O3S/c1-8(17)9-2-4-10(5-3-9)20(18,19)16-12-7-14-6-11(13)15-12/h2-7H,1H3,(H,15,16). The molecule has 0 radical (unpaired) electrons. The quantitative estimate of drug-likeness (QED) is 0.874. The highest BCUT2D eigenvalue weighted by Crippen LogP contribution is 2.16. The molecule has 1 heterocycles. The molecule has 0 spiro atoms. The zero-order valence-corrected chi connectivity index (χ0v) is 11.9. The molecule has 6 nitrogen and oxygen atoms in total. The number of hydrogen-bond acceptors (Lipinski definition) is 5. The zero-order valence-electron chi connectivity index (χ0n) is 10.4. The van der Waals surface area contributed by atoms with E-state index >= 15 is 0 Å². The number of benzene rings is 1. The molecule has 0 unspecified atom stereocenters. The predicted molar refractivity (Wildman–Crippen MR) is 74.3 cm³/mol. The molecular weight excluding hydrogens is 302 g/mol. The Bertz CT molecular complexity index is 745. The molecule has 2 aromatic rings. The summed E-state index contributed by atoms with van der Waals surface area (Å²) in [5.41, 5.74) is 0.437. The topological polar surface area (TPSA) is 89.0 Å². The maximum absolute atomic E-state index is 12.1. The van der Waals surface area contributed by atoms with Gasteiger partial charge in [-0.25, -0.2) is 13.4 Å². The molecular formula is C12H10ClN3O3S. The summed E-state index contributed by atoms with van der Waals surface area (Å²) in [6.45, 7) is 1.41. The van der Waals surface area contributed by atoms with E-state index < -0.39 is 10.0 Å². The smallest absolute Gasteiger partial charge is 0.263 e. The number of carbonyl (C=O) groups excluding carboxylic acids is 1. The fraction of sp³-hybridized carbons (Fsp3) is 0.0833. The van der Waals surface area contributed by atoms with Crippen LogP contribution < -0.4 is 4.72 Å². The molecule has 20 heavy (non-hydrogen) atoms. The van der Waals surface area contributed by atoms with Gasteiger partial charge < -0.3 is 0 Å². The number of carbonyl (C=O) groups is 1. The van der Waals surface area contributed by atoms with Gasteiger partial charge in [0.1, 0.15) is 5.15 Å². The number of nitrogens with one attached hydrogen (secondary N) is 1. The van der Waals surface area contributed by atoms with Crippen LogP contribution in [0.25, 0.3) is 0 Å². The van der Waals surface area contributed by atoms with E-state index in [1.54, 1.807) is 0 Å². The fourth-order valence-corrected chi connectivity index (χ4v) is 2.59. The highest BCUT2D eigenvalue weighted by molar-refractivity contribution is 7.92. The summed E-state index contributed by atoms with van der Waals surface area (Å²) in [5.74, 6) is -0.115. The second-order valence-corrected chi connectivity index (χ2v) is 5.98. The third-order valence-electron chi connectivity index (χ3n) is 2.42. The van der Waals surface area contributed by atoms with Crippen molar-refractivity contribution < 1.29 is 13.2 Å². The van der Waals surface area contributed by atoms with Gasteiger partial charge in [0.05, 0.1) is 17.3 Å². The highest BCUT2D eigenvalue weighted by atomic mass is 35.5. The highest BCUT2D eigenvalue weighted by Gasteiger charge is 2.15. The number of aromatic nitrogens is 2.